The van der Waals surface area contributed by atoms with Crippen LogP contribution in [0.4, 0.5) is 0 Å². The van der Waals surface area contributed by atoms with Gasteiger partial charge in [0.05, 0.1) is 0 Å². The van der Waals surface area contributed by atoms with Gasteiger partial charge in [0, 0.05) is 38.1 Å². The number of carbonyl (C=O) groups excluding carboxylic acids is 1. The number of aliphatic hydroxyl groups excluding tert-OH is 1. The number of ether oxygens (including phenoxy) is 1. The second-order valence-corrected chi connectivity index (χ2v) is 5.71. The zero-order valence-corrected chi connectivity index (χ0v) is 13.1. The average molecular weight is 314 g/mol. The van der Waals surface area contributed by atoms with Crippen LogP contribution in [0.2, 0.25) is 0 Å². The van der Waals surface area contributed by atoms with Gasteiger partial charge in [0.15, 0.2) is 0 Å². The van der Waals surface area contributed by atoms with E-state index in [0.29, 0.717) is 19.7 Å². The summed E-state index contributed by atoms with van der Waals surface area (Å²) in [6, 6.07) is 14.3. The molecule has 0 saturated carbocycles. The van der Waals surface area contributed by atoms with Crippen molar-refractivity contribution in [1.29, 1.82) is 0 Å². The first-order valence-electron chi connectivity index (χ1n) is 7.99. The fraction of sp³-hybridized carbons (Fsp3) is 0.389. The van der Waals surface area contributed by atoms with Crippen molar-refractivity contribution in [3.63, 3.8) is 0 Å². The minimum absolute atomic E-state index is 0.184. The zero-order valence-electron chi connectivity index (χ0n) is 13.1. The Kier molecular flexibility index (Phi) is 5.10. The fourth-order valence-electron chi connectivity index (χ4n) is 2.93. The molecule has 5 nitrogen and oxygen atoms in total. The SMILES string of the molecule is O=C(CO)N1CCN(CCOc2cccc3ccccc23)CC1. The molecule has 1 saturated heterocycles. The molecule has 1 amide bonds. The first-order chi connectivity index (χ1) is 11.3. The lowest BCUT2D eigenvalue weighted by Crippen LogP contribution is -2.50. The molecule has 3 rings (SSSR count). The molecule has 1 aliphatic heterocycles. The van der Waals surface area contributed by atoms with Crippen LogP contribution in [0, 0.1) is 0 Å². The molecule has 0 atom stereocenters. The van der Waals surface area contributed by atoms with Crippen molar-refractivity contribution >= 4 is 16.7 Å². The summed E-state index contributed by atoms with van der Waals surface area (Å²) in [5, 5.41) is 11.2. The molecule has 1 heterocycles. The predicted molar refractivity (Wildman–Crippen MR) is 89.5 cm³/mol. The maximum absolute atomic E-state index is 11.4. The summed E-state index contributed by atoms with van der Waals surface area (Å²) < 4.78 is 5.96. The number of aliphatic hydroxyl groups is 1. The van der Waals surface area contributed by atoms with Gasteiger partial charge < -0.3 is 14.7 Å². The summed E-state index contributed by atoms with van der Waals surface area (Å²) in [6.45, 7) is 4.06. The summed E-state index contributed by atoms with van der Waals surface area (Å²) in [5.74, 6) is 0.730. The van der Waals surface area contributed by atoms with Crippen molar-refractivity contribution in [2.24, 2.45) is 0 Å². The summed E-state index contributed by atoms with van der Waals surface area (Å²) in [4.78, 5) is 15.4. The summed E-state index contributed by atoms with van der Waals surface area (Å²) in [6.07, 6.45) is 0. The quantitative estimate of drug-likeness (QED) is 0.905. The molecule has 0 unspecified atom stereocenters. The number of piperazine rings is 1. The molecule has 2 aromatic carbocycles. The molecule has 122 valence electrons. The Morgan fingerprint density at radius 1 is 1.04 bits per heavy atom. The van der Waals surface area contributed by atoms with Crippen molar-refractivity contribution in [3.05, 3.63) is 42.5 Å². The number of amides is 1. The van der Waals surface area contributed by atoms with Crippen LogP contribution in [0.3, 0.4) is 0 Å². The Labute approximate surface area is 136 Å². The van der Waals surface area contributed by atoms with Crippen molar-refractivity contribution in [3.8, 4) is 5.75 Å². The van der Waals surface area contributed by atoms with E-state index in [1.807, 2.05) is 24.3 Å². The number of nitrogens with zero attached hydrogens (tertiary/aromatic N) is 2. The molecule has 0 spiro atoms. The van der Waals surface area contributed by atoms with Crippen LogP contribution < -0.4 is 4.74 Å². The van der Waals surface area contributed by atoms with Gasteiger partial charge >= 0.3 is 0 Å². The van der Waals surface area contributed by atoms with Crippen molar-refractivity contribution in [2.75, 3.05) is 45.9 Å². The van der Waals surface area contributed by atoms with Crippen molar-refractivity contribution in [2.45, 2.75) is 0 Å². The van der Waals surface area contributed by atoms with Crippen LogP contribution in [-0.4, -0.2) is 66.8 Å². The Morgan fingerprint density at radius 2 is 1.78 bits per heavy atom. The standard InChI is InChI=1S/C18H22N2O3/c21-14-18(22)20-10-8-19(9-11-20)12-13-23-17-7-3-5-15-4-1-2-6-16(15)17/h1-7,21H,8-14H2. The third-order valence-electron chi connectivity index (χ3n) is 4.27. The highest BCUT2D eigenvalue weighted by atomic mass is 16.5. The van der Waals surface area contributed by atoms with Crippen molar-refractivity contribution < 1.29 is 14.6 Å². The van der Waals surface area contributed by atoms with Gasteiger partial charge in [-0.2, -0.15) is 0 Å². The Bertz CT molecular complexity index is 661. The number of carbonyl (C=O) groups is 1. The smallest absolute Gasteiger partial charge is 0.248 e. The van der Waals surface area contributed by atoms with E-state index in [1.54, 1.807) is 4.90 Å². The van der Waals surface area contributed by atoms with Crippen LogP contribution in [0.25, 0.3) is 10.8 Å². The second kappa shape index (κ2) is 7.44. The normalized spacial score (nSPS) is 15.8. The molecule has 1 aliphatic rings. The van der Waals surface area contributed by atoms with Gasteiger partial charge in [-0.1, -0.05) is 36.4 Å². The van der Waals surface area contributed by atoms with Crippen molar-refractivity contribution in [1.82, 2.24) is 9.80 Å². The van der Waals surface area contributed by atoms with E-state index in [1.165, 1.54) is 5.39 Å². The average Bonchev–Trinajstić information content (AvgIpc) is 2.62. The largest absolute Gasteiger partial charge is 0.492 e. The highest BCUT2D eigenvalue weighted by Crippen LogP contribution is 2.25. The Balaban J connectivity index is 1.49. The maximum atomic E-state index is 11.4. The van der Waals surface area contributed by atoms with E-state index < -0.39 is 6.61 Å². The van der Waals surface area contributed by atoms with Crippen LogP contribution in [-0.2, 0) is 4.79 Å². The Morgan fingerprint density at radius 3 is 2.57 bits per heavy atom. The van der Waals surface area contributed by atoms with E-state index in [0.717, 1.165) is 30.8 Å². The molecule has 23 heavy (non-hydrogen) atoms. The van der Waals surface area contributed by atoms with Crippen LogP contribution in [0.1, 0.15) is 0 Å². The molecule has 5 heteroatoms. The lowest BCUT2D eigenvalue weighted by atomic mass is 10.1. The van der Waals surface area contributed by atoms with Gasteiger partial charge in [-0.3, -0.25) is 9.69 Å². The number of fused-ring (bicyclic) bond motifs is 1. The monoisotopic (exact) mass is 314 g/mol. The third-order valence-corrected chi connectivity index (χ3v) is 4.27. The zero-order chi connectivity index (χ0) is 16.1. The third kappa shape index (κ3) is 3.81. The molecule has 1 N–H and O–H groups in total. The second-order valence-electron chi connectivity index (χ2n) is 5.71. The molecule has 0 bridgehead atoms. The van der Waals surface area contributed by atoms with E-state index >= 15 is 0 Å². The number of hydrogen-bond donors (Lipinski definition) is 1. The summed E-state index contributed by atoms with van der Waals surface area (Å²) >= 11 is 0. The van der Waals surface area contributed by atoms with E-state index in [4.69, 9.17) is 9.84 Å². The first kappa shape index (κ1) is 15.8. The molecule has 0 radical (unpaired) electrons. The van der Waals surface area contributed by atoms with Gasteiger partial charge in [0.1, 0.15) is 19.0 Å². The topological polar surface area (TPSA) is 53.0 Å². The minimum Gasteiger partial charge on any atom is -0.492 e. The molecular weight excluding hydrogens is 292 g/mol. The van der Waals surface area contributed by atoms with E-state index in [2.05, 4.69) is 23.1 Å². The van der Waals surface area contributed by atoms with E-state index in [9.17, 15) is 4.79 Å². The van der Waals surface area contributed by atoms with Gasteiger partial charge in [-0.05, 0) is 11.5 Å². The first-order valence-corrected chi connectivity index (χ1v) is 7.99. The molecule has 0 aromatic heterocycles. The number of benzene rings is 2. The molecule has 2 aromatic rings. The highest BCUT2D eigenvalue weighted by Gasteiger charge is 2.20. The molecular formula is C18H22N2O3. The minimum atomic E-state index is -0.399. The van der Waals surface area contributed by atoms with E-state index in [-0.39, 0.29) is 5.91 Å². The number of rotatable bonds is 5. The Hall–Kier alpha value is -2.11. The van der Waals surface area contributed by atoms with Crippen LogP contribution >= 0.6 is 0 Å². The van der Waals surface area contributed by atoms with Gasteiger partial charge in [-0.15, -0.1) is 0 Å². The highest BCUT2D eigenvalue weighted by molar-refractivity contribution is 5.88. The summed E-state index contributed by atoms with van der Waals surface area (Å²) in [7, 11) is 0. The fourth-order valence-corrected chi connectivity index (χ4v) is 2.93. The molecule has 0 aliphatic carbocycles. The van der Waals surface area contributed by atoms with Gasteiger partial charge in [-0.25, -0.2) is 0 Å². The van der Waals surface area contributed by atoms with Gasteiger partial charge in [0.25, 0.3) is 0 Å². The lowest BCUT2D eigenvalue weighted by molar-refractivity contribution is -0.135. The van der Waals surface area contributed by atoms with Crippen LogP contribution in [0.5, 0.6) is 5.75 Å². The van der Waals surface area contributed by atoms with Gasteiger partial charge in [0.2, 0.25) is 5.91 Å². The lowest BCUT2D eigenvalue weighted by Gasteiger charge is -2.34. The predicted octanol–water partition coefficient (Wildman–Crippen LogP) is 1.36. The maximum Gasteiger partial charge on any atom is 0.248 e. The number of hydrogen-bond acceptors (Lipinski definition) is 4. The molecule has 1 fully saturated rings. The van der Waals surface area contributed by atoms with Crippen LogP contribution in [0.15, 0.2) is 42.5 Å². The summed E-state index contributed by atoms with van der Waals surface area (Å²) in [5.41, 5.74) is 0.